The van der Waals surface area contributed by atoms with E-state index in [1.165, 1.54) is 62.8 Å². The van der Waals surface area contributed by atoms with Crippen molar-refractivity contribution in [3.05, 3.63) is 34.9 Å². The first-order valence-corrected chi connectivity index (χ1v) is 10.4. The van der Waals surface area contributed by atoms with Gasteiger partial charge in [0.05, 0.1) is 5.60 Å². The van der Waals surface area contributed by atoms with Gasteiger partial charge in [-0.05, 0) is 62.6 Å². The molecular formula is C22H33NO2. The molecule has 4 rings (SSSR count). The molecule has 0 bridgehead atoms. The Bertz CT molecular complexity index is 565. The molecule has 0 aromatic heterocycles. The van der Waals surface area contributed by atoms with Gasteiger partial charge in [0.15, 0.2) is 0 Å². The number of hydrogen-bond acceptors (Lipinski definition) is 3. The van der Waals surface area contributed by atoms with Crippen molar-refractivity contribution < 1.29 is 9.84 Å². The van der Waals surface area contributed by atoms with Crippen LogP contribution in [0.4, 0.5) is 0 Å². The van der Waals surface area contributed by atoms with Crippen molar-refractivity contribution in [3.63, 3.8) is 0 Å². The molecule has 0 unspecified atom stereocenters. The minimum Gasteiger partial charge on any atom is -0.385 e. The smallest absolute Gasteiger partial charge is 0.0903 e. The van der Waals surface area contributed by atoms with Crippen molar-refractivity contribution in [2.75, 3.05) is 26.3 Å². The van der Waals surface area contributed by atoms with Crippen molar-refractivity contribution in [2.24, 2.45) is 0 Å². The predicted octanol–water partition coefficient (Wildman–Crippen LogP) is 4.14. The molecule has 25 heavy (non-hydrogen) atoms. The van der Waals surface area contributed by atoms with Crippen LogP contribution in [0.5, 0.6) is 0 Å². The molecule has 2 aliphatic carbocycles. The second-order valence-corrected chi connectivity index (χ2v) is 8.35. The monoisotopic (exact) mass is 343 g/mol. The molecule has 1 N–H and O–H groups in total. The van der Waals surface area contributed by atoms with Gasteiger partial charge in [-0.15, -0.1) is 0 Å². The largest absolute Gasteiger partial charge is 0.385 e. The van der Waals surface area contributed by atoms with Crippen molar-refractivity contribution >= 4 is 0 Å². The van der Waals surface area contributed by atoms with Gasteiger partial charge in [0.1, 0.15) is 0 Å². The van der Waals surface area contributed by atoms with Gasteiger partial charge < -0.3 is 14.7 Å². The van der Waals surface area contributed by atoms with Crippen LogP contribution in [-0.2, 0) is 4.74 Å². The lowest BCUT2D eigenvalue weighted by atomic mass is 9.80. The Morgan fingerprint density at radius 3 is 2.52 bits per heavy atom. The number of ether oxygens (including phenoxy) is 1. The van der Waals surface area contributed by atoms with E-state index in [1.54, 1.807) is 5.57 Å². The molecule has 2 heterocycles. The van der Waals surface area contributed by atoms with Gasteiger partial charge in [0.25, 0.3) is 0 Å². The first kappa shape index (κ1) is 17.5. The average Bonchev–Trinajstić information content (AvgIpc) is 2.80. The van der Waals surface area contributed by atoms with Crippen LogP contribution in [0.2, 0.25) is 0 Å². The molecular weight excluding hydrogens is 310 g/mol. The molecule has 138 valence electrons. The summed E-state index contributed by atoms with van der Waals surface area (Å²) < 4.78 is 5.41. The zero-order valence-electron chi connectivity index (χ0n) is 15.5. The van der Waals surface area contributed by atoms with Gasteiger partial charge >= 0.3 is 0 Å². The van der Waals surface area contributed by atoms with Crippen molar-refractivity contribution in [1.82, 2.24) is 4.90 Å². The molecule has 3 fully saturated rings. The Morgan fingerprint density at radius 1 is 1.00 bits per heavy atom. The van der Waals surface area contributed by atoms with Crippen LogP contribution in [0.25, 0.3) is 0 Å². The molecule has 0 radical (unpaired) electrons. The summed E-state index contributed by atoms with van der Waals surface area (Å²) >= 11 is 0. The number of aliphatic hydroxyl groups is 1. The van der Waals surface area contributed by atoms with Gasteiger partial charge in [-0.1, -0.05) is 30.2 Å². The Kier molecular flexibility index (Phi) is 5.44. The van der Waals surface area contributed by atoms with E-state index in [0.717, 1.165) is 31.7 Å². The van der Waals surface area contributed by atoms with E-state index in [2.05, 4.69) is 23.1 Å². The lowest BCUT2D eigenvalue weighted by Gasteiger charge is -2.36. The van der Waals surface area contributed by atoms with Crippen LogP contribution in [0.1, 0.15) is 64.2 Å². The fraction of sp³-hybridized carbons (Fsp3) is 0.727. The third kappa shape index (κ3) is 4.10. The Hall–Kier alpha value is -0.900. The van der Waals surface area contributed by atoms with Crippen LogP contribution in [-0.4, -0.2) is 48.0 Å². The lowest BCUT2D eigenvalue weighted by Crippen LogP contribution is -2.40. The van der Waals surface area contributed by atoms with Crippen molar-refractivity contribution in [1.29, 1.82) is 0 Å². The number of likely N-dealkylation sites (tertiary alicyclic amines) is 1. The normalized spacial score (nSPS) is 30.4. The van der Waals surface area contributed by atoms with Crippen LogP contribution >= 0.6 is 0 Å². The highest BCUT2D eigenvalue weighted by Gasteiger charge is 2.34. The summed E-state index contributed by atoms with van der Waals surface area (Å²) in [6.45, 7) is 3.92. The fourth-order valence-electron chi connectivity index (χ4n) is 4.75. The van der Waals surface area contributed by atoms with Gasteiger partial charge in [-0.25, -0.2) is 0 Å². The molecule has 3 nitrogen and oxygen atoms in total. The summed E-state index contributed by atoms with van der Waals surface area (Å²) in [6.07, 6.45) is 18.6. The predicted molar refractivity (Wildman–Crippen MR) is 102 cm³/mol. The second kappa shape index (κ2) is 7.77. The molecule has 2 saturated heterocycles. The minimum absolute atomic E-state index is 0.612. The summed E-state index contributed by atoms with van der Waals surface area (Å²) in [5.41, 5.74) is 3.69. The number of rotatable bonds is 3. The lowest BCUT2D eigenvalue weighted by molar-refractivity contribution is -0.0412. The quantitative estimate of drug-likeness (QED) is 0.836. The molecule has 0 atom stereocenters. The number of allylic oxidation sites excluding steroid dienone is 4. The second-order valence-electron chi connectivity index (χ2n) is 8.35. The van der Waals surface area contributed by atoms with E-state index in [-0.39, 0.29) is 0 Å². The zero-order chi connectivity index (χ0) is 17.1. The highest BCUT2D eigenvalue weighted by Crippen LogP contribution is 2.35. The summed E-state index contributed by atoms with van der Waals surface area (Å²) in [5, 5.41) is 10.9. The molecule has 0 amide bonds. The number of nitrogens with zero attached hydrogens (tertiary/aromatic N) is 1. The van der Waals surface area contributed by atoms with E-state index in [4.69, 9.17) is 4.74 Å². The highest BCUT2D eigenvalue weighted by molar-refractivity contribution is 5.36. The Labute approximate surface area is 152 Å². The van der Waals surface area contributed by atoms with Crippen molar-refractivity contribution in [2.45, 2.75) is 75.9 Å². The van der Waals surface area contributed by atoms with Crippen LogP contribution in [0.3, 0.4) is 0 Å². The first-order chi connectivity index (χ1) is 12.2. The van der Waals surface area contributed by atoms with Crippen LogP contribution < -0.4 is 0 Å². The van der Waals surface area contributed by atoms with Crippen LogP contribution in [0.15, 0.2) is 34.9 Å². The summed E-state index contributed by atoms with van der Waals surface area (Å²) in [5.74, 6) is 0. The standard InChI is InChI=1S/C22H33NO2/c24-22(11-15-25-16-12-22)20-8-6-19(7-9-20)17-18-3-2-13-23(14-10-18)21-4-1-5-21/h6,8,17,21,24H,1-5,7,9-16H2/b18-17+. The fourth-order valence-corrected chi connectivity index (χ4v) is 4.75. The van der Waals surface area contributed by atoms with E-state index < -0.39 is 5.60 Å². The average molecular weight is 344 g/mol. The zero-order valence-corrected chi connectivity index (χ0v) is 15.5. The van der Waals surface area contributed by atoms with E-state index in [1.807, 2.05) is 0 Å². The molecule has 3 heteroatoms. The molecule has 2 aliphatic heterocycles. The third-order valence-electron chi connectivity index (χ3n) is 6.74. The van der Waals surface area contributed by atoms with Gasteiger partial charge in [0, 0.05) is 38.6 Å². The van der Waals surface area contributed by atoms with Gasteiger partial charge in [-0.2, -0.15) is 0 Å². The van der Waals surface area contributed by atoms with Crippen LogP contribution in [0, 0.1) is 0 Å². The third-order valence-corrected chi connectivity index (χ3v) is 6.74. The molecule has 0 aromatic rings. The Balaban J connectivity index is 1.38. The summed E-state index contributed by atoms with van der Waals surface area (Å²) in [6, 6.07) is 0.888. The maximum atomic E-state index is 10.9. The topological polar surface area (TPSA) is 32.7 Å². The number of hydrogen-bond donors (Lipinski definition) is 1. The first-order valence-electron chi connectivity index (χ1n) is 10.4. The SMILES string of the molecule is OC1(C2=CC=C(/C=C3\CCCN(C4CCC4)CC3)CC2)CCOCC1. The minimum atomic E-state index is -0.612. The van der Waals surface area contributed by atoms with E-state index in [9.17, 15) is 5.11 Å². The summed E-state index contributed by atoms with van der Waals surface area (Å²) in [4.78, 5) is 2.73. The van der Waals surface area contributed by atoms with Gasteiger partial charge in [-0.3, -0.25) is 0 Å². The summed E-state index contributed by atoms with van der Waals surface area (Å²) in [7, 11) is 0. The Morgan fingerprint density at radius 2 is 1.84 bits per heavy atom. The maximum Gasteiger partial charge on any atom is 0.0903 e. The van der Waals surface area contributed by atoms with Gasteiger partial charge in [0.2, 0.25) is 0 Å². The molecule has 1 saturated carbocycles. The van der Waals surface area contributed by atoms with E-state index in [0.29, 0.717) is 13.2 Å². The highest BCUT2D eigenvalue weighted by atomic mass is 16.5. The van der Waals surface area contributed by atoms with Crippen molar-refractivity contribution in [3.8, 4) is 0 Å². The maximum absolute atomic E-state index is 10.9. The van der Waals surface area contributed by atoms with E-state index >= 15 is 0 Å². The molecule has 0 aromatic carbocycles. The molecule has 0 spiro atoms. The molecule has 4 aliphatic rings.